The number of carbonyl (C=O) groups is 1. The fourth-order valence-corrected chi connectivity index (χ4v) is 6.34. The molecule has 0 aliphatic heterocycles. The summed E-state index contributed by atoms with van der Waals surface area (Å²) in [5, 5.41) is 0. The van der Waals surface area contributed by atoms with Crippen LogP contribution in [0.5, 0.6) is 0 Å². The molecule has 0 spiro atoms. The minimum absolute atomic E-state index is 0.144. The molecule has 0 N–H and O–H groups in total. The molecule has 3 aromatic carbocycles. The van der Waals surface area contributed by atoms with Crippen LogP contribution in [-0.2, 0) is 27.8 Å². The number of thiazole rings is 1. The molecule has 0 atom stereocenters. The van der Waals surface area contributed by atoms with Crippen LogP contribution in [0.25, 0.3) is 10.2 Å². The highest BCUT2D eigenvalue weighted by Crippen LogP contribution is 2.20. The molecule has 0 bridgehead atoms. The summed E-state index contributed by atoms with van der Waals surface area (Å²) in [5.41, 5.74) is 2.23. The van der Waals surface area contributed by atoms with Crippen molar-refractivity contribution in [2.45, 2.75) is 31.8 Å². The van der Waals surface area contributed by atoms with Gasteiger partial charge in [0, 0.05) is 31.8 Å². The Kier molecular flexibility index (Phi) is 8.48. The van der Waals surface area contributed by atoms with Crippen LogP contribution in [0.4, 0.5) is 0 Å². The zero-order valence-corrected chi connectivity index (χ0v) is 22.0. The van der Waals surface area contributed by atoms with Gasteiger partial charge in [-0.25, -0.2) is 8.42 Å². The Morgan fingerprint density at radius 1 is 0.972 bits per heavy atom. The molecule has 0 fully saturated rings. The van der Waals surface area contributed by atoms with E-state index in [0.29, 0.717) is 36.7 Å². The van der Waals surface area contributed by atoms with E-state index in [9.17, 15) is 13.2 Å². The van der Waals surface area contributed by atoms with Gasteiger partial charge in [-0.3, -0.25) is 4.79 Å². The third kappa shape index (κ3) is 5.82. The molecule has 1 amide bonds. The minimum Gasteiger partial charge on any atom is -0.380 e. The SMILES string of the molecule is CCOCCn1c(=NC(=O)c2ccc(S(=O)(=O)N(CC)Cc3ccccc3)cc2)sc2ccccc21. The van der Waals surface area contributed by atoms with Gasteiger partial charge in [-0.2, -0.15) is 9.30 Å². The monoisotopic (exact) mass is 523 g/mol. The first-order valence-corrected chi connectivity index (χ1v) is 14.1. The Morgan fingerprint density at radius 3 is 2.36 bits per heavy atom. The highest BCUT2D eigenvalue weighted by molar-refractivity contribution is 7.89. The predicted molar refractivity (Wildman–Crippen MR) is 142 cm³/mol. The van der Waals surface area contributed by atoms with Crippen LogP contribution in [-0.4, -0.2) is 43.0 Å². The molecule has 1 heterocycles. The molecule has 9 heteroatoms. The molecular formula is C27H29N3O4S2. The Morgan fingerprint density at radius 2 is 1.67 bits per heavy atom. The maximum absolute atomic E-state index is 13.2. The first kappa shape index (κ1) is 26.0. The number of hydrogen-bond acceptors (Lipinski definition) is 5. The number of sulfonamides is 1. The van der Waals surface area contributed by atoms with E-state index >= 15 is 0 Å². The molecule has 0 aliphatic carbocycles. The van der Waals surface area contributed by atoms with E-state index < -0.39 is 15.9 Å². The third-order valence-corrected chi connectivity index (χ3v) is 8.74. The lowest BCUT2D eigenvalue weighted by atomic mass is 10.2. The summed E-state index contributed by atoms with van der Waals surface area (Å²) in [6.45, 7) is 6.07. The summed E-state index contributed by atoms with van der Waals surface area (Å²) in [7, 11) is -3.71. The average Bonchev–Trinajstić information content (AvgIpc) is 3.24. The minimum atomic E-state index is -3.71. The van der Waals surface area contributed by atoms with Gasteiger partial charge in [-0.15, -0.1) is 0 Å². The molecule has 1 aromatic heterocycles. The van der Waals surface area contributed by atoms with Crippen LogP contribution in [0.3, 0.4) is 0 Å². The number of amides is 1. The molecular weight excluding hydrogens is 494 g/mol. The lowest BCUT2D eigenvalue weighted by Gasteiger charge is -2.20. The number of nitrogens with zero attached hydrogens (tertiary/aromatic N) is 3. The third-order valence-electron chi connectivity index (χ3n) is 5.74. The Labute approximate surface area is 215 Å². The van der Waals surface area contributed by atoms with Gasteiger partial charge in [-0.1, -0.05) is 60.7 Å². The number of fused-ring (bicyclic) bond motifs is 1. The van der Waals surface area contributed by atoms with Gasteiger partial charge in [0.2, 0.25) is 10.0 Å². The second-order valence-electron chi connectivity index (χ2n) is 8.06. The second-order valence-corrected chi connectivity index (χ2v) is 11.0. The van der Waals surface area contributed by atoms with Crippen molar-refractivity contribution in [1.29, 1.82) is 0 Å². The lowest BCUT2D eigenvalue weighted by Crippen LogP contribution is -2.30. The van der Waals surface area contributed by atoms with E-state index in [-0.39, 0.29) is 11.4 Å². The van der Waals surface area contributed by atoms with Crippen LogP contribution in [0.2, 0.25) is 0 Å². The van der Waals surface area contributed by atoms with E-state index in [1.165, 1.54) is 39.9 Å². The van der Waals surface area contributed by atoms with Gasteiger partial charge >= 0.3 is 0 Å². The van der Waals surface area contributed by atoms with Crippen LogP contribution in [0.15, 0.2) is 88.8 Å². The zero-order chi connectivity index (χ0) is 25.5. The Hall–Kier alpha value is -3.11. The summed E-state index contributed by atoms with van der Waals surface area (Å²) < 4.78 is 36.4. The number of benzene rings is 3. The van der Waals surface area contributed by atoms with Crippen molar-refractivity contribution in [3.05, 3.63) is 94.8 Å². The highest BCUT2D eigenvalue weighted by atomic mass is 32.2. The van der Waals surface area contributed by atoms with Crippen molar-refractivity contribution >= 4 is 37.5 Å². The predicted octanol–water partition coefficient (Wildman–Crippen LogP) is 4.69. The standard InChI is InChI=1S/C27H29N3O4S2/c1-3-29(20-21-10-6-5-7-11-21)36(32,33)23-16-14-22(15-17-23)26(31)28-27-30(18-19-34-4-2)24-12-8-9-13-25(24)35-27/h5-17H,3-4,18-20H2,1-2H3. The molecule has 7 nitrogen and oxygen atoms in total. The molecule has 0 radical (unpaired) electrons. The molecule has 0 unspecified atom stereocenters. The molecule has 0 saturated carbocycles. The summed E-state index contributed by atoms with van der Waals surface area (Å²) in [6, 6.07) is 23.3. The van der Waals surface area contributed by atoms with E-state index in [1.807, 2.05) is 73.0 Å². The lowest BCUT2D eigenvalue weighted by molar-refractivity contribution is 0.0996. The molecule has 4 aromatic rings. The first-order valence-electron chi connectivity index (χ1n) is 11.8. The van der Waals surface area contributed by atoms with Crippen molar-refractivity contribution in [3.8, 4) is 0 Å². The van der Waals surface area contributed by atoms with Gasteiger partial charge in [-0.05, 0) is 48.9 Å². The Bertz CT molecular complexity index is 1490. The van der Waals surface area contributed by atoms with Gasteiger partial charge in [0.05, 0.1) is 21.7 Å². The van der Waals surface area contributed by atoms with Crippen molar-refractivity contribution in [1.82, 2.24) is 8.87 Å². The fraction of sp³-hybridized carbons (Fsp3) is 0.259. The first-order chi connectivity index (χ1) is 17.4. The van der Waals surface area contributed by atoms with Crippen molar-refractivity contribution < 1.29 is 17.9 Å². The van der Waals surface area contributed by atoms with E-state index in [0.717, 1.165) is 15.8 Å². The van der Waals surface area contributed by atoms with Gasteiger partial charge < -0.3 is 9.30 Å². The van der Waals surface area contributed by atoms with Crippen LogP contribution < -0.4 is 4.80 Å². The van der Waals surface area contributed by atoms with Gasteiger partial charge in [0.15, 0.2) is 4.80 Å². The maximum atomic E-state index is 13.2. The summed E-state index contributed by atoms with van der Waals surface area (Å²) >= 11 is 1.44. The number of para-hydroxylation sites is 1. The van der Waals surface area contributed by atoms with Gasteiger partial charge in [0.25, 0.3) is 5.91 Å². The number of hydrogen-bond donors (Lipinski definition) is 0. The summed E-state index contributed by atoms with van der Waals surface area (Å²) in [6.07, 6.45) is 0. The fourth-order valence-electron chi connectivity index (χ4n) is 3.85. The largest absolute Gasteiger partial charge is 0.380 e. The number of rotatable bonds is 10. The Balaban J connectivity index is 1.59. The molecule has 0 saturated heterocycles. The van der Waals surface area contributed by atoms with Crippen LogP contribution in [0, 0.1) is 0 Å². The molecule has 188 valence electrons. The van der Waals surface area contributed by atoms with E-state index in [2.05, 4.69) is 4.99 Å². The maximum Gasteiger partial charge on any atom is 0.279 e. The smallest absolute Gasteiger partial charge is 0.279 e. The average molecular weight is 524 g/mol. The van der Waals surface area contributed by atoms with Gasteiger partial charge in [0.1, 0.15) is 0 Å². The summed E-state index contributed by atoms with van der Waals surface area (Å²) in [4.78, 5) is 18.1. The van der Waals surface area contributed by atoms with Crippen molar-refractivity contribution in [2.24, 2.45) is 4.99 Å². The molecule has 36 heavy (non-hydrogen) atoms. The quantitative estimate of drug-likeness (QED) is 0.283. The number of ether oxygens (including phenoxy) is 1. The molecule has 4 rings (SSSR count). The van der Waals surface area contributed by atoms with E-state index in [1.54, 1.807) is 0 Å². The van der Waals surface area contributed by atoms with Crippen LogP contribution >= 0.6 is 11.3 Å². The normalized spacial score (nSPS) is 12.5. The van der Waals surface area contributed by atoms with Crippen molar-refractivity contribution in [3.63, 3.8) is 0 Å². The molecule has 0 aliphatic rings. The second kappa shape index (κ2) is 11.7. The number of carbonyl (C=O) groups excluding carboxylic acids is 1. The summed E-state index contributed by atoms with van der Waals surface area (Å²) in [5.74, 6) is -0.424. The van der Waals surface area contributed by atoms with Crippen LogP contribution in [0.1, 0.15) is 29.8 Å². The van der Waals surface area contributed by atoms with E-state index in [4.69, 9.17) is 4.74 Å². The number of aromatic nitrogens is 1. The highest BCUT2D eigenvalue weighted by Gasteiger charge is 2.23. The van der Waals surface area contributed by atoms with Crippen molar-refractivity contribution in [2.75, 3.05) is 19.8 Å². The zero-order valence-electron chi connectivity index (χ0n) is 20.3. The topological polar surface area (TPSA) is 81.0 Å².